The highest BCUT2D eigenvalue weighted by Crippen LogP contribution is 2.25. The number of alkyl halides is 3. The van der Waals surface area contributed by atoms with Gasteiger partial charge in [0, 0.05) is 25.2 Å². The van der Waals surface area contributed by atoms with Gasteiger partial charge in [-0.2, -0.15) is 13.2 Å². The van der Waals surface area contributed by atoms with Gasteiger partial charge in [0.2, 0.25) is 0 Å². The maximum atomic E-state index is 12.3. The molecule has 0 spiro atoms. The molecule has 1 aromatic rings. The number of para-hydroxylation sites is 1. The number of benzene rings is 1. The predicted octanol–water partition coefficient (Wildman–Crippen LogP) is 2.11. The molecule has 116 valence electrons. The van der Waals surface area contributed by atoms with Crippen LogP contribution in [-0.2, 0) is 16.0 Å². The number of halogens is 3. The van der Waals surface area contributed by atoms with Crippen molar-refractivity contribution in [2.24, 2.45) is 0 Å². The number of carbonyl (C=O) groups excluding carboxylic acids is 1. The van der Waals surface area contributed by atoms with E-state index >= 15 is 0 Å². The zero-order valence-electron chi connectivity index (χ0n) is 11.4. The zero-order valence-corrected chi connectivity index (χ0v) is 11.4. The molecule has 1 amide bonds. The van der Waals surface area contributed by atoms with Gasteiger partial charge in [-0.25, -0.2) is 0 Å². The molecule has 1 unspecified atom stereocenters. The van der Waals surface area contributed by atoms with Crippen LogP contribution in [-0.4, -0.2) is 37.9 Å². The lowest BCUT2D eigenvalue weighted by Crippen LogP contribution is -2.45. The lowest BCUT2D eigenvalue weighted by Gasteiger charge is -2.23. The molecule has 4 nitrogen and oxygen atoms in total. The normalized spacial score (nSPS) is 19.3. The third kappa shape index (κ3) is 5.02. The minimum atomic E-state index is -4.21. The smallest absolute Gasteiger partial charge is 0.366 e. The van der Waals surface area contributed by atoms with Crippen LogP contribution in [0.25, 0.3) is 0 Å². The van der Waals surface area contributed by atoms with Crippen LogP contribution in [0.5, 0.6) is 0 Å². The third-order valence-electron chi connectivity index (χ3n) is 3.17. The third-order valence-corrected chi connectivity index (χ3v) is 3.17. The largest absolute Gasteiger partial charge is 0.389 e. The number of anilines is 1. The van der Waals surface area contributed by atoms with Gasteiger partial charge in [0.05, 0.1) is 6.61 Å². The van der Waals surface area contributed by atoms with Gasteiger partial charge < -0.3 is 15.4 Å². The lowest BCUT2D eigenvalue weighted by molar-refractivity contribution is -0.133. The second-order valence-electron chi connectivity index (χ2n) is 4.83. The SMILES string of the molecule is O=C(Nc1ccccc1CCC(F)(F)F)C1CNCCO1. The van der Waals surface area contributed by atoms with Crippen LogP contribution in [0.3, 0.4) is 0 Å². The van der Waals surface area contributed by atoms with Gasteiger partial charge in [-0.1, -0.05) is 18.2 Å². The fourth-order valence-corrected chi connectivity index (χ4v) is 2.08. The molecule has 21 heavy (non-hydrogen) atoms. The number of ether oxygens (including phenoxy) is 1. The van der Waals surface area contributed by atoms with E-state index in [1.165, 1.54) is 0 Å². The van der Waals surface area contributed by atoms with Crippen molar-refractivity contribution < 1.29 is 22.7 Å². The number of hydrogen-bond acceptors (Lipinski definition) is 3. The summed E-state index contributed by atoms with van der Waals surface area (Å²) in [6, 6.07) is 6.51. The Labute approximate surface area is 120 Å². The molecule has 0 radical (unpaired) electrons. The minimum absolute atomic E-state index is 0.163. The molecule has 0 aliphatic carbocycles. The van der Waals surface area contributed by atoms with Crippen LogP contribution in [0.2, 0.25) is 0 Å². The van der Waals surface area contributed by atoms with Gasteiger partial charge in [-0.3, -0.25) is 4.79 Å². The highest BCUT2D eigenvalue weighted by atomic mass is 19.4. The summed E-state index contributed by atoms with van der Waals surface area (Å²) in [5.41, 5.74) is 0.868. The van der Waals surface area contributed by atoms with Crippen molar-refractivity contribution in [1.82, 2.24) is 5.32 Å². The topological polar surface area (TPSA) is 50.4 Å². The summed E-state index contributed by atoms with van der Waals surface area (Å²) >= 11 is 0. The maximum Gasteiger partial charge on any atom is 0.389 e. The van der Waals surface area contributed by atoms with E-state index in [1.807, 2.05) is 0 Å². The van der Waals surface area contributed by atoms with Gasteiger partial charge in [0.25, 0.3) is 5.91 Å². The molecule has 1 aliphatic heterocycles. The molecule has 0 saturated carbocycles. The average molecular weight is 302 g/mol. The first-order valence-electron chi connectivity index (χ1n) is 6.73. The molecule has 1 aromatic carbocycles. The number of amides is 1. The highest BCUT2D eigenvalue weighted by Gasteiger charge is 2.27. The Kier molecular flexibility index (Phi) is 5.19. The van der Waals surface area contributed by atoms with Gasteiger partial charge in [0.15, 0.2) is 0 Å². The monoisotopic (exact) mass is 302 g/mol. The minimum Gasteiger partial charge on any atom is -0.366 e. The van der Waals surface area contributed by atoms with Crippen LogP contribution >= 0.6 is 0 Å². The van der Waals surface area contributed by atoms with Gasteiger partial charge in [-0.15, -0.1) is 0 Å². The van der Waals surface area contributed by atoms with Crippen molar-refractivity contribution in [3.63, 3.8) is 0 Å². The van der Waals surface area contributed by atoms with Gasteiger partial charge >= 0.3 is 6.18 Å². The number of morpholine rings is 1. The standard InChI is InChI=1S/C14H17F3N2O2/c15-14(16,17)6-5-10-3-1-2-4-11(10)19-13(20)12-9-18-7-8-21-12/h1-4,12,18H,5-9H2,(H,19,20). The molecular weight excluding hydrogens is 285 g/mol. The summed E-state index contributed by atoms with van der Waals surface area (Å²) in [4.78, 5) is 12.0. The first-order valence-corrected chi connectivity index (χ1v) is 6.73. The Morgan fingerprint density at radius 3 is 2.81 bits per heavy atom. The molecule has 2 N–H and O–H groups in total. The molecule has 1 fully saturated rings. The molecule has 7 heteroatoms. The van der Waals surface area contributed by atoms with E-state index in [0.717, 1.165) is 0 Å². The highest BCUT2D eigenvalue weighted by molar-refractivity contribution is 5.95. The van der Waals surface area contributed by atoms with Gasteiger partial charge in [-0.05, 0) is 18.1 Å². The maximum absolute atomic E-state index is 12.3. The van der Waals surface area contributed by atoms with Crippen LogP contribution in [0.1, 0.15) is 12.0 Å². The average Bonchev–Trinajstić information content (AvgIpc) is 2.46. The number of carbonyl (C=O) groups is 1. The molecule has 1 saturated heterocycles. The fourth-order valence-electron chi connectivity index (χ4n) is 2.08. The van der Waals surface area contributed by atoms with E-state index in [0.29, 0.717) is 30.9 Å². The Morgan fingerprint density at radius 2 is 2.14 bits per heavy atom. The summed E-state index contributed by atoms with van der Waals surface area (Å²) in [6.07, 6.45) is -5.91. The molecule has 1 atom stereocenters. The Morgan fingerprint density at radius 1 is 1.38 bits per heavy atom. The molecule has 0 bridgehead atoms. The van der Waals surface area contributed by atoms with Crippen LogP contribution in [0.4, 0.5) is 18.9 Å². The summed E-state index contributed by atoms with van der Waals surface area (Å²) in [5.74, 6) is -0.346. The van der Waals surface area contributed by atoms with Crippen molar-refractivity contribution in [3.8, 4) is 0 Å². The number of rotatable bonds is 4. The van der Waals surface area contributed by atoms with Crippen molar-refractivity contribution in [2.45, 2.75) is 25.1 Å². The second-order valence-corrected chi connectivity index (χ2v) is 4.83. The quantitative estimate of drug-likeness (QED) is 0.895. The Balaban J connectivity index is 2.00. The van der Waals surface area contributed by atoms with Crippen molar-refractivity contribution >= 4 is 11.6 Å². The zero-order chi connectivity index (χ0) is 15.3. The Hall–Kier alpha value is -1.60. The lowest BCUT2D eigenvalue weighted by atomic mass is 10.1. The van der Waals surface area contributed by atoms with E-state index in [-0.39, 0.29) is 12.3 Å². The summed E-state index contributed by atoms with van der Waals surface area (Å²) in [5, 5.41) is 5.67. The molecule has 2 rings (SSSR count). The summed E-state index contributed by atoms with van der Waals surface area (Å²) in [6.45, 7) is 1.52. The molecule has 1 heterocycles. The van der Waals surface area contributed by atoms with Crippen molar-refractivity contribution in [2.75, 3.05) is 25.0 Å². The summed E-state index contributed by atoms with van der Waals surface area (Å²) < 4.78 is 42.2. The number of hydrogen-bond donors (Lipinski definition) is 2. The number of aryl methyl sites for hydroxylation is 1. The van der Waals surface area contributed by atoms with Crippen LogP contribution in [0.15, 0.2) is 24.3 Å². The van der Waals surface area contributed by atoms with Crippen molar-refractivity contribution in [1.29, 1.82) is 0 Å². The van der Waals surface area contributed by atoms with Crippen LogP contribution in [0, 0.1) is 0 Å². The van der Waals surface area contributed by atoms with Crippen molar-refractivity contribution in [3.05, 3.63) is 29.8 Å². The van der Waals surface area contributed by atoms with E-state index in [2.05, 4.69) is 10.6 Å². The molecule has 1 aliphatic rings. The first kappa shape index (κ1) is 15.8. The van der Waals surface area contributed by atoms with E-state index in [1.54, 1.807) is 24.3 Å². The fraction of sp³-hybridized carbons (Fsp3) is 0.500. The second kappa shape index (κ2) is 6.91. The summed E-state index contributed by atoms with van der Waals surface area (Å²) in [7, 11) is 0. The van der Waals surface area contributed by atoms with E-state index in [9.17, 15) is 18.0 Å². The number of nitrogens with one attached hydrogen (secondary N) is 2. The van der Waals surface area contributed by atoms with Crippen LogP contribution < -0.4 is 10.6 Å². The molecule has 0 aromatic heterocycles. The first-order chi connectivity index (χ1) is 9.96. The van der Waals surface area contributed by atoms with E-state index < -0.39 is 18.7 Å². The van der Waals surface area contributed by atoms with E-state index in [4.69, 9.17) is 4.74 Å². The van der Waals surface area contributed by atoms with Gasteiger partial charge in [0.1, 0.15) is 6.10 Å². The molecular formula is C14H17F3N2O2. The predicted molar refractivity (Wildman–Crippen MR) is 72.1 cm³/mol. The Bertz CT molecular complexity index is 485.